The first-order chi connectivity index (χ1) is 11.6. The molecule has 132 valence electrons. The second kappa shape index (κ2) is 7.85. The van der Waals surface area contributed by atoms with Gasteiger partial charge < -0.3 is 20.3 Å². The highest BCUT2D eigenvalue weighted by molar-refractivity contribution is 6.33. The minimum Gasteiger partial charge on any atom is -0.381 e. The Balaban J connectivity index is 1.46. The van der Waals surface area contributed by atoms with Crippen LogP contribution in [0.2, 0.25) is 5.02 Å². The number of urea groups is 1. The van der Waals surface area contributed by atoms with E-state index in [1.165, 1.54) is 6.20 Å². The van der Waals surface area contributed by atoms with E-state index in [1.807, 2.05) is 4.90 Å². The monoisotopic (exact) mass is 355 g/mol. The summed E-state index contributed by atoms with van der Waals surface area (Å²) in [5, 5.41) is 12.1. The number of hydrogen-bond donors (Lipinski definition) is 3. The molecule has 8 nitrogen and oxygen atoms in total. The van der Waals surface area contributed by atoms with Crippen molar-refractivity contribution in [1.82, 2.24) is 20.8 Å². The zero-order valence-electron chi connectivity index (χ0n) is 13.4. The molecule has 0 spiro atoms. The van der Waals surface area contributed by atoms with Gasteiger partial charge >= 0.3 is 6.03 Å². The Morgan fingerprint density at radius 2 is 2.21 bits per heavy atom. The lowest BCUT2D eigenvalue weighted by Gasteiger charge is -2.23. The molecule has 2 fully saturated rings. The van der Waals surface area contributed by atoms with Crippen molar-refractivity contribution in [2.24, 2.45) is 5.92 Å². The van der Waals surface area contributed by atoms with Crippen LogP contribution in [0.1, 0.15) is 19.3 Å². The van der Waals surface area contributed by atoms with Crippen LogP contribution in [0.4, 0.5) is 10.5 Å². The third-order valence-corrected chi connectivity index (χ3v) is 4.90. The zero-order valence-corrected chi connectivity index (χ0v) is 14.1. The minimum absolute atomic E-state index is 0.0232. The Morgan fingerprint density at radius 1 is 1.42 bits per heavy atom. The summed E-state index contributed by atoms with van der Waals surface area (Å²) in [5.74, 6) is 0.491. The average Bonchev–Trinajstić information content (AvgIpc) is 3.04. The molecule has 0 radical (unpaired) electrons. The van der Waals surface area contributed by atoms with Crippen LogP contribution in [0, 0.1) is 5.92 Å². The van der Waals surface area contributed by atoms with Crippen LogP contribution in [0.25, 0.3) is 0 Å². The van der Waals surface area contributed by atoms with E-state index >= 15 is 0 Å². The minimum atomic E-state index is -0.403. The smallest absolute Gasteiger partial charge is 0.315 e. The zero-order chi connectivity index (χ0) is 16.9. The van der Waals surface area contributed by atoms with Gasteiger partial charge in [0.25, 0.3) is 5.56 Å². The highest BCUT2D eigenvalue weighted by Crippen LogP contribution is 2.24. The molecule has 2 aliphatic heterocycles. The second-order valence-electron chi connectivity index (χ2n) is 6.24. The van der Waals surface area contributed by atoms with E-state index in [0.29, 0.717) is 24.7 Å². The third kappa shape index (κ3) is 4.18. The number of carbonyl (C=O) groups excluding carboxylic acids is 1. The number of carbonyl (C=O) groups is 1. The molecule has 0 bridgehead atoms. The van der Waals surface area contributed by atoms with Gasteiger partial charge in [0.05, 0.1) is 11.9 Å². The molecular formula is C15H22ClN5O3. The number of aromatic amines is 1. The Morgan fingerprint density at radius 3 is 3.00 bits per heavy atom. The standard InChI is InChI=1S/C15H22ClN5O3/c16-13-12(8-18-20-14(13)22)21-4-1-11(9-21)19-15(23)17-7-10-2-5-24-6-3-10/h8,10-11H,1-7,9H2,(H,20,22)(H2,17,19,23)/t11-/m1/s1. The summed E-state index contributed by atoms with van der Waals surface area (Å²) in [7, 11) is 0. The molecule has 3 heterocycles. The Hall–Kier alpha value is -1.80. The SMILES string of the molecule is O=C(NCC1CCOCC1)N[C@@H]1CCN(c2cn[nH]c(=O)c2Cl)C1. The molecule has 1 aromatic heterocycles. The fourth-order valence-electron chi connectivity index (χ4n) is 3.12. The van der Waals surface area contributed by atoms with E-state index < -0.39 is 5.56 Å². The largest absolute Gasteiger partial charge is 0.381 e. The van der Waals surface area contributed by atoms with Crippen molar-refractivity contribution in [3.63, 3.8) is 0 Å². The molecule has 0 aromatic carbocycles. The predicted octanol–water partition coefficient (Wildman–Crippen LogP) is 0.728. The number of halogens is 1. The molecule has 2 aliphatic rings. The van der Waals surface area contributed by atoms with Gasteiger partial charge in [-0.1, -0.05) is 11.6 Å². The lowest BCUT2D eigenvalue weighted by molar-refractivity contribution is 0.0669. The average molecular weight is 356 g/mol. The highest BCUT2D eigenvalue weighted by atomic mass is 35.5. The van der Waals surface area contributed by atoms with Gasteiger partial charge in [-0.15, -0.1) is 0 Å². The van der Waals surface area contributed by atoms with Gasteiger partial charge in [-0.3, -0.25) is 4.79 Å². The fraction of sp³-hybridized carbons (Fsp3) is 0.667. The van der Waals surface area contributed by atoms with Gasteiger partial charge in [0, 0.05) is 38.9 Å². The van der Waals surface area contributed by atoms with Gasteiger partial charge in [-0.05, 0) is 25.2 Å². The van der Waals surface area contributed by atoms with Gasteiger partial charge in [0.15, 0.2) is 0 Å². The topological polar surface area (TPSA) is 99.3 Å². The number of amides is 2. The van der Waals surface area contributed by atoms with Gasteiger partial charge in [0.2, 0.25) is 0 Å². The van der Waals surface area contributed by atoms with Crippen LogP contribution in [-0.2, 0) is 4.74 Å². The molecule has 0 saturated carbocycles. The molecule has 2 amide bonds. The summed E-state index contributed by atoms with van der Waals surface area (Å²) < 4.78 is 5.31. The summed E-state index contributed by atoms with van der Waals surface area (Å²) >= 11 is 6.03. The summed E-state index contributed by atoms with van der Waals surface area (Å²) in [5.41, 5.74) is 0.201. The molecule has 9 heteroatoms. The highest BCUT2D eigenvalue weighted by Gasteiger charge is 2.26. The van der Waals surface area contributed by atoms with Crippen molar-refractivity contribution < 1.29 is 9.53 Å². The first-order valence-electron chi connectivity index (χ1n) is 8.23. The van der Waals surface area contributed by atoms with Gasteiger partial charge in [0.1, 0.15) is 5.02 Å². The fourth-order valence-corrected chi connectivity index (χ4v) is 3.33. The van der Waals surface area contributed by atoms with Crippen LogP contribution >= 0.6 is 11.6 Å². The maximum absolute atomic E-state index is 12.0. The number of nitrogens with zero attached hydrogens (tertiary/aromatic N) is 2. The number of nitrogens with one attached hydrogen (secondary N) is 3. The van der Waals surface area contributed by atoms with E-state index in [9.17, 15) is 9.59 Å². The molecule has 2 saturated heterocycles. The van der Waals surface area contributed by atoms with Crippen LogP contribution in [0.5, 0.6) is 0 Å². The van der Waals surface area contributed by atoms with E-state index in [1.54, 1.807) is 0 Å². The first kappa shape index (κ1) is 17.0. The van der Waals surface area contributed by atoms with Crippen LogP contribution in [0.15, 0.2) is 11.0 Å². The summed E-state index contributed by atoms with van der Waals surface area (Å²) in [4.78, 5) is 25.5. The Labute approximate surface area is 144 Å². The molecule has 1 atom stereocenters. The molecule has 0 unspecified atom stereocenters. The van der Waals surface area contributed by atoms with Crippen LogP contribution < -0.4 is 21.1 Å². The normalized spacial score (nSPS) is 21.7. The van der Waals surface area contributed by atoms with E-state index in [4.69, 9.17) is 16.3 Å². The number of aromatic nitrogens is 2. The lowest BCUT2D eigenvalue weighted by Crippen LogP contribution is -2.45. The number of hydrogen-bond acceptors (Lipinski definition) is 5. The van der Waals surface area contributed by atoms with E-state index in [-0.39, 0.29) is 17.1 Å². The van der Waals surface area contributed by atoms with Crippen molar-refractivity contribution in [3.05, 3.63) is 21.6 Å². The third-order valence-electron chi connectivity index (χ3n) is 4.53. The maximum Gasteiger partial charge on any atom is 0.315 e. The van der Waals surface area contributed by atoms with Crippen LogP contribution in [0.3, 0.4) is 0 Å². The number of rotatable bonds is 4. The number of ether oxygens (including phenoxy) is 1. The maximum atomic E-state index is 12.0. The van der Waals surface area contributed by atoms with E-state index in [0.717, 1.165) is 39.0 Å². The van der Waals surface area contributed by atoms with Crippen molar-refractivity contribution in [2.45, 2.75) is 25.3 Å². The summed E-state index contributed by atoms with van der Waals surface area (Å²) in [6.07, 6.45) is 4.32. The second-order valence-corrected chi connectivity index (χ2v) is 6.62. The molecule has 24 heavy (non-hydrogen) atoms. The van der Waals surface area contributed by atoms with Crippen molar-refractivity contribution in [1.29, 1.82) is 0 Å². The number of anilines is 1. The van der Waals surface area contributed by atoms with Gasteiger partial charge in [-0.25, -0.2) is 9.89 Å². The van der Waals surface area contributed by atoms with Gasteiger partial charge in [-0.2, -0.15) is 5.10 Å². The first-order valence-corrected chi connectivity index (χ1v) is 8.61. The summed E-state index contributed by atoms with van der Waals surface area (Å²) in [6, 6.07) is -0.126. The molecule has 1 aromatic rings. The predicted molar refractivity (Wildman–Crippen MR) is 90.6 cm³/mol. The quantitative estimate of drug-likeness (QED) is 0.739. The molecule has 3 rings (SSSR count). The summed E-state index contributed by atoms with van der Waals surface area (Å²) in [6.45, 7) is 3.55. The Kier molecular flexibility index (Phi) is 5.57. The molecule has 0 aliphatic carbocycles. The van der Waals surface area contributed by atoms with E-state index in [2.05, 4.69) is 20.8 Å². The van der Waals surface area contributed by atoms with Crippen molar-refractivity contribution in [2.75, 3.05) is 37.7 Å². The number of H-pyrrole nitrogens is 1. The molecular weight excluding hydrogens is 334 g/mol. The Bertz CT molecular complexity index is 632. The van der Waals surface area contributed by atoms with Crippen LogP contribution in [-0.4, -0.2) is 55.1 Å². The van der Waals surface area contributed by atoms with Crippen molar-refractivity contribution >= 4 is 23.3 Å². The molecule has 3 N–H and O–H groups in total. The van der Waals surface area contributed by atoms with Crippen molar-refractivity contribution in [3.8, 4) is 0 Å². The lowest BCUT2D eigenvalue weighted by atomic mass is 10.0.